The van der Waals surface area contributed by atoms with Crippen molar-refractivity contribution in [2.75, 3.05) is 19.7 Å². The van der Waals surface area contributed by atoms with Crippen LogP contribution in [0.4, 0.5) is 4.79 Å². The van der Waals surface area contributed by atoms with Crippen LogP contribution >= 0.6 is 0 Å². The van der Waals surface area contributed by atoms with E-state index in [1.54, 1.807) is 0 Å². The summed E-state index contributed by atoms with van der Waals surface area (Å²) in [5.41, 5.74) is 3.17. The molecule has 2 aliphatic heterocycles. The van der Waals surface area contributed by atoms with Crippen LogP contribution in [0.3, 0.4) is 0 Å². The molecule has 2 aromatic rings. The first-order valence-corrected chi connectivity index (χ1v) is 8.57. The lowest BCUT2D eigenvalue weighted by atomic mass is 10.1. The Kier molecular flexibility index (Phi) is 4.21. The molecule has 1 atom stereocenters. The molecule has 0 bridgehead atoms. The SMILES string of the molecule is O=C(NCC1CCCO1)N1CCc2nc(-c3ccccc3)[nH]c2C1. The molecule has 1 fully saturated rings. The Labute approximate surface area is 141 Å². The number of fused-ring (bicyclic) bond motifs is 1. The molecule has 1 aromatic heterocycles. The second kappa shape index (κ2) is 6.65. The molecule has 0 radical (unpaired) electrons. The summed E-state index contributed by atoms with van der Waals surface area (Å²) in [6.45, 7) is 2.68. The van der Waals surface area contributed by atoms with Crippen molar-refractivity contribution in [1.82, 2.24) is 20.2 Å². The minimum absolute atomic E-state index is 0.0213. The Morgan fingerprint density at radius 2 is 2.25 bits per heavy atom. The number of urea groups is 1. The van der Waals surface area contributed by atoms with Gasteiger partial charge in [0, 0.05) is 31.7 Å². The van der Waals surface area contributed by atoms with Crippen LogP contribution in [0.1, 0.15) is 24.2 Å². The van der Waals surface area contributed by atoms with E-state index in [0.29, 0.717) is 19.6 Å². The third kappa shape index (κ3) is 3.14. The Hall–Kier alpha value is -2.34. The number of hydrogen-bond acceptors (Lipinski definition) is 3. The zero-order valence-electron chi connectivity index (χ0n) is 13.6. The third-order valence-electron chi connectivity index (χ3n) is 4.67. The molecule has 126 valence electrons. The minimum Gasteiger partial charge on any atom is -0.376 e. The Morgan fingerprint density at radius 1 is 1.38 bits per heavy atom. The molecule has 2 amide bonds. The van der Waals surface area contributed by atoms with Crippen molar-refractivity contribution >= 4 is 6.03 Å². The van der Waals surface area contributed by atoms with Gasteiger partial charge in [-0.2, -0.15) is 0 Å². The van der Waals surface area contributed by atoms with Gasteiger partial charge >= 0.3 is 6.03 Å². The Balaban J connectivity index is 1.40. The number of aromatic amines is 1. The lowest BCUT2D eigenvalue weighted by Gasteiger charge is -2.26. The average molecular weight is 326 g/mol. The number of rotatable bonds is 3. The molecule has 2 aliphatic rings. The maximum absolute atomic E-state index is 12.4. The second-order valence-electron chi connectivity index (χ2n) is 6.37. The van der Waals surface area contributed by atoms with Gasteiger partial charge in [-0.15, -0.1) is 0 Å². The van der Waals surface area contributed by atoms with Crippen LogP contribution in [0.25, 0.3) is 11.4 Å². The van der Waals surface area contributed by atoms with Crippen LogP contribution in [-0.2, 0) is 17.7 Å². The standard InChI is InChI=1S/C18H22N4O2/c23-18(19-11-14-7-4-10-24-14)22-9-8-15-16(12-22)21-17(20-15)13-5-2-1-3-6-13/h1-3,5-6,14H,4,7-12H2,(H,19,23)(H,20,21). The molecular weight excluding hydrogens is 304 g/mol. The number of imidazole rings is 1. The third-order valence-corrected chi connectivity index (χ3v) is 4.67. The zero-order valence-corrected chi connectivity index (χ0v) is 13.6. The highest BCUT2D eigenvalue weighted by Crippen LogP contribution is 2.22. The van der Waals surface area contributed by atoms with Crippen LogP contribution in [0.5, 0.6) is 0 Å². The fourth-order valence-corrected chi connectivity index (χ4v) is 3.32. The van der Waals surface area contributed by atoms with Gasteiger partial charge in [0.2, 0.25) is 0 Å². The van der Waals surface area contributed by atoms with Crippen molar-refractivity contribution in [3.63, 3.8) is 0 Å². The fraction of sp³-hybridized carbons (Fsp3) is 0.444. The molecule has 1 unspecified atom stereocenters. The summed E-state index contributed by atoms with van der Waals surface area (Å²) >= 11 is 0. The number of H-pyrrole nitrogens is 1. The molecule has 1 aromatic carbocycles. The number of ether oxygens (including phenoxy) is 1. The quantitative estimate of drug-likeness (QED) is 0.909. The van der Waals surface area contributed by atoms with Gasteiger partial charge in [0.25, 0.3) is 0 Å². The van der Waals surface area contributed by atoms with Gasteiger partial charge in [-0.1, -0.05) is 30.3 Å². The van der Waals surface area contributed by atoms with Gasteiger partial charge < -0.3 is 19.9 Å². The zero-order chi connectivity index (χ0) is 16.4. The average Bonchev–Trinajstić information content (AvgIpc) is 3.29. The lowest BCUT2D eigenvalue weighted by Crippen LogP contribution is -2.45. The van der Waals surface area contributed by atoms with Crippen molar-refractivity contribution in [2.24, 2.45) is 0 Å². The number of hydrogen-bond donors (Lipinski definition) is 2. The van der Waals surface area contributed by atoms with E-state index in [4.69, 9.17) is 4.74 Å². The number of nitrogens with zero attached hydrogens (tertiary/aromatic N) is 2. The number of carbonyl (C=O) groups is 1. The van der Waals surface area contributed by atoms with Gasteiger partial charge in [0.1, 0.15) is 5.82 Å². The molecule has 24 heavy (non-hydrogen) atoms. The van der Waals surface area contributed by atoms with E-state index in [-0.39, 0.29) is 12.1 Å². The van der Waals surface area contributed by atoms with E-state index in [1.165, 1.54) is 0 Å². The van der Waals surface area contributed by atoms with Gasteiger partial charge in [-0.3, -0.25) is 0 Å². The normalized spacial score (nSPS) is 20.0. The summed E-state index contributed by atoms with van der Waals surface area (Å²) in [6, 6.07) is 10.1. The molecule has 6 heteroatoms. The van der Waals surface area contributed by atoms with Gasteiger partial charge in [0.15, 0.2) is 0 Å². The van der Waals surface area contributed by atoms with Gasteiger partial charge in [0.05, 0.1) is 24.0 Å². The van der Waals surface area contributed by atoms with E-state index in [9.17, 15) is 4.79 Å². The van der Waals surface area contributed by atoms with E-state index in [0.717, 1.165) is 48.6 Å². The van der Waals surface area contributed by atoms with Crippen LogP contribution in [0.2, 0.25) is 0 Å². The van der Waals surface area contributed by atoms with E-state index < -0.39 is 0 Å². The van der Waals surface area contributed by atoms with Crippen molar-refractivity contribution in [2.45, 2.75) is 31.9 Å². The van der Waals surface area contributed by atoms with Crippen LogP contribution in [0, 0.1) is 0 Å². The first kappa shape index (κ1) is 15.2. The van der Waals surface area contributed by atoms with Crippen molar-refractivity contribution in [1.29, 1.82) is 0 Å². The largest absolute Gasteiger partial charge is 0.376 e. The number of carbonyl (C=O) groups excluding carboxylic acids is 1. The van der Waals surface area contributed by atoms with Crippen molar-refractivity contribution in [3.8, 4) is 11.4 Å². The maximum Gasteiger partial charge on any atom is 0.317 e. The van der Waals surface area contributed by atoms with Crippen molar-refractivity contribution < 1.29 is 9.53 Å². The second-order valence-corrected chi connectivity index (χ2v) is 6.37. The predicted octanol–water partition coefficient (Wildman–Crippen LogP) is 2.32. The highest BCUT2D eigenvalue weighted by molar-refractivity contribution is 5.74. The predicted molar refractivity (Wildman–Crippen MR) is 90.5 cm³/mol. The van der Waals surface area contributed by atoms with Gasteiger partial charge in [-0.25, -0.2) is 9.78 Å². The number of benzene rings is 1. The molecule has 6 nitrogen and oxygen atoms in total. The highest BCUT2D eigenvalue weighted by Gasteiger charge is 2.25. The molecule has 3 heterocycles. The monoisotopic (exact) mass is 326 g/mol. The summed E-state index contributed by atoms with van der Waals surface area (Å²) in [4.78, 5) is 22.3. The summed E-state index contributed by atoms with van der Waals surface area (Å²) in [5.74, 6) is 0.877. The van der Waals surface area contributed by atoms with E-state index >= 15 is 0 Å². The molecule has 4 rings (SSSR count). The fourth-order valence-electron chi connectivity index (χ4n) is 3.32. The Morgan fingerprint density at radius 3 is 3.04 bits per heavy atom. The molecule has 0 aliphatic carbocycles. The van der Waals surface area contributed by atoms with Crippen molar-refractivity contribution in [3.05, 3.63) is 41.7 Å². The molecular formula is C18H22N4O2. The first-order valence-electron chi connectivity index (χ1n) is 8.57. The summed E-state index contributed by atoms with van der Waals surface area (Å²) in [6.07, 6.45) is 3.08. The van der Waals surface area contributed by atoms with Crippen LogP contribution < -0.4 is 5.32 Å². The van der Waals surface area contributed by atoms with E-state index in [1.807, 2.05) is 35.2 Å². The first-order chi connectivity index (χ1) is 11.8. The van der Waals surface area contributed by atoms with Gasteiger partial charge in [-0.05, 0) is 12.8 Å². The van der Waals surface area contributed by atoms with Crippen LogP contribution in [-0.4, -0.2) is 46.7 Å². The molecule has 0 saturated carbocycles. The minimum atomic E-state index is -0.0213. The summed E-state index contributed by atoms with van der Waals surface area (Å²) in [5, 5.41) is 2.99. The van der Waals surface area contributed by atoms with Crippen LogP contribution in [0.15, 0.2) is 30.3 Å². The Bertz CT molecular complexity index is 707. The summed E-state index contributed by atoms with van der Waals surface area (Å²) < 4.78 is 5.55. The van der Waals surface area contributed by atoms with E-state index in [2.05, 4.69) is 15.3 Å². The highest BCUT2D eigenvalue weighted by atomic mass is 16.5. The lowest BCUT2D eigenvalue weighted by molar-refractivity contribution is 0.108. The smallest absolute Gasteiger partial charge is 0.317 e. The number of aromatic nitrogens is 2. The number of nitrogens with one attached hydrogen (secondary N) is 2. The maximum atomic E-state index is 12.4. The topological polar surface area (TPSA) is 70.2 Å². The molecule has 2 N–H and O–H groups in total. The number of amides is 2. The summed E-state index contributed by atoms with van der Waals surface area (Å²) in [7, 11) is 0. The molecule has 1 saturated heterocycles. The molecule has 0 spiro atoms.